The number of carbonyl (C=O) groups is 1. The molecule has 0 aromatic rings. The number of rotatable bonds is 9. The lowest BCUT2D eigenvalue weighted by Gasteiger charge is -2.34. The molecule has 1 saturated heterocycles. The van der Waals surface area contributed by atoms with Crippen LogP contribution in [0.1, 0.15) is 53.9 Å². The first-order chi connectivity index (χ1) is 12.0. The first-order valence-corrected chi connectivity index (χ1v) is 10.1. The molecule has 1 unspecified atom stereocenters. The van der Waals surface area contributed by atoms with E-state index in [9.17, 15) is 4.79 Å². The van der Waals surface area contributed by atoms with Crippen LogP contribution in [-0.2, 0) is 4.79 Å². The average Bonchev–Trinajstić information content (AvgIpc) is 2.61. The van der Waals surface area contributed by atoms with Crippen molar-refractivity contribution in [2.45, 2.75) is 59.9 Å². The molecule has 0 aliphatic carbocycles. The standard InChI is InChI=1S/C19H39N5O/c1-6-20-19(21-12-9-18(25)23(7-2)8-3)22-15-17(5)24-13-10-16(4)11-14-24/h16-17H,6-15H2,1-5H3,(H2,20,21,22). The highest BCUT2D eigenvalue weighted by Gasteiger charge is 2.20. The van der Waals surface area contributed by atoms with Crippen molar-refractivity contribution in [1.29, 1.82) is 0 Å². The fourth-order valence-electron chi connectivity index (χ4n) is 3.17. The fraction of sp³-hybridized carbons (Fsp3) is 0.895. The topological polar surface area (TPSA) is 60.0 Å². The number of guanidine groups is 1. The van der Waals surface area contributed by atoms with E-state index < -0.39 is 0 Å². The Hall–Kier alpha value is -1.30. The maximum Gasteiger partial charge on any atom is 0.224 e. The summed E-state index contributed by atoms with van der Waals surface area (Å²) in [6, 6.07) is 0.459. The van der Waals surface area contributed by atoms with Crippen LogP contribution in [0.15, 0.2) is 4.99 Å². The van der Waals surface area contributed by atoms with E-state index in [-0.39, 0.29) is 5.91 Å². The summed E-state index contributed by atoms with van der Waals surface area (Å²) < 4.78 is 0. The monoisotopic (exact) mass is 353 g/mol. The van der Waals surface area contributed by atoms with Crippen LogP contribution in [0, 0.1) is 5.92 Å². The van der Waals surface area contributed by atoms with E-state index >= 15 is 0 Å². The summed E-state index contributed by atoms with van der Waals surface area (Å²) in [4.78, 5) is 21.2. The summed E-state index contributed by atoms with van der Waals surface area (Å²) in [6.07, 6.45) is 3.09. The van der Waals surface area contributed by atoms with Crippen LogP contribution >= 0.6 is 0 Å². The molecule has 146 valence electrons. The van der Waals surface area contributed by atoms with E-state index in [0.717, 1.165) is 38.1 Å². The molecule has 1 fully saturated rings. The van der Waals surface area contributed by atoms with Gasteiger partial charge in [-0.15, -0.1) is 0 Å². The highest BCUT2D eigenvalue weighted by Crippen LogP contribution is 2.17. The van der Waals surface area contributed by atoms with Crippen LogP contribution in [0.5, 0.6) is 0 Å². The van der Waals surface area contributed by atoms with E-state index in [0.29, 0.717) is 19.0 Å². The highest BCUT2D eigenvalue weighted by molar-refractivity contribution is 5.81. The molecule has 0 aromatic carbocycles. The average molecular weight is 354 g/mol. The molecule has 6 nitrogen and oxygen atoms in total. The molecule has 1 atom stereocenters. The summed E-state index contributed by atoms with van der Waals surface area (Å²) in [5.41, 5.74) is 0. The first-order valence-electron chi connectivity index (χ1n) is 10.1. The smallest absolute Gasteiger partial charge is 0.224 e. The zero-order valence-corrected chi connectivity index (χ0v) is 17.0. The summed E-state index contributed by atoms with van der Waals surface area (Å²) in [5.74, 6) is 1.87. The quantitative estimate of drug-likeness (QED) is 0.491. The Bertz CT molecular complexity index is 401. The molecule has 2 N–H and O–H groups in total. The molecule has 1 amide bonds. The fourth-order valence-corrected chi connectivity index (χ4v) is 3.17. The maximum atomic E-state index is 12.1. The van der Waals surface area contributed by atoms with Gasteiger partial charge in [0.2, 0.25) is 5.91 Å². The largest absolute Gasteiger partial charge is 0.357 e. The Labute approximate surface area is 154 Å². The number of nitrogens with one attached hydrogen (secondary N) is 2. The lowest BCUT2D eigenvalue weighted by Crippen LogP contribution is -2.43. The summed E-state index contributed by atoms with van der Waals surface area (Å²) in [6.45, 7) is 16.8. The molecule has 1 aliphatic rings. The minimum atomic E-state index is 0.198. The highest BCUT2D eigenvalue weighted by atomic mass is 16.2. The maximum absolute atomic E-state index is 12.1. The van der Waals surface area contributed by atoms with Crippen molar-refractivity contribution in [1.82, 2.24) is 20.4 Å². The number of nitrogens with zero attached hydrogens (tertiary/aromatic N) is 3. The van der Waals surface area contributed by atoms with Gasteiger partial charge in [-0.2, -0.15) is 0 Å². The van der Waals surface area contributed by atoms with Crippen LogP contribution in [0.3, 0.4) is 0 Å². The van der Waals surface area contributed by atoms with Gasteiger partial charge in [-0.25, -0.2) is 0 Å². The van der Waals surface area contributed by atoms with Crippen LogP contribution in [-0.4, -0.2) is 73.5 Å². The van der Waals surface area contributed by atoms with Gasteiger partial charge >= 0.3 is 0 Å². The van der Waals surface area contributed by atoms with Gasteiger partial charge in [0.15, 0.2) is 5.96 Å². The number of piperidine rings is 1. The number of hydrogen-bond acceptors (Lipinski definition) is 3. The van der Waals surface area contributed by atoms with Crippen molar-refractivity contribution in [3.8, 4) is 0 Å². The number of carbonyl (C=O) groups excluding carboxylic acids is 1. The molecule has 1 rings (SSSR count). The van der Waals surface area contributed by atoms with Crippen molar-refractivity contribution in [2.24, 2.45) is 10.9 Å². The Morgan fingerprint density at radius 2 is 1.84 bits per heavy atom. The summed E-state index contributed by atoms with van der Waals surface area (Å²) in [7, 11) is 0. The van der Waals surface area contributed by atoms with Gasteiger partial charge in [-0.3, -0.25) is 14.7 Å². The molecular weight excluding hydrogens is 314 g/mol. The minimum absolute atomic E-state index is 0.198. The molecule has 6 heteroatoms. The Kier molecular flexibility index (Phi) is 10.5. The molecule has 0 radical (unpaired) electrons. The summed E-state index contributed by atoms with van der Waals surface area (Å²) in [5, 5.41) is 6.57. The normalized spacial score (nSPS) is 18.0. The third-order valence-corrected chi connectivity index (χ3v) is 5.05. The number of aliphatic imine (C=N–C) groups is 1. The first kappa shape index (κ1) is 21.7. The Balaban J connectivity index is 2.41. The third-order valence-electron chi connectivity index (χ3n) is 5.05. The number of hydrogen-bond donors (Lipinski definition) is 2. The van der Waals surface area contributed by atoms with Gasteiger partial charge in [-0.05, 0) is 59.5 Å². The van der Waals surface area contributed by atoms with Crippen molar-refractivity contribution in [3.63, 3.8) is 0 Å². The second kappa shape index (κ2) is 12.1. The molecule has 1 heterocycles. The van der Waals surface area contributed by atoms with Crippen molar-refractivity contribution >= 4 is 11.9 Å². The molecule has 0 saturated carbocycles. The number of likely N-dealkylation sites (tertiary alicyclic amines) is 1. The molecule has 25 heavy (non-hydrogen) atoms. The zero-order chi connectivity index (χ0) is 18.7. The van der Waals surface area contributed by atoms with Crippen molar-refractivity contribution < 1.29 is 4.79 Å². The lowest BCUT2D eigenvalue weighted by molar-refractivity contribution is -0.130. The minimum Gasteiger partial charge on any atom is -0.357 e. The van der Waals surface area contributed by atoms with E-state index in [1.807, 2.05) is 18.7 Å². The molecule has 1 aliphatic heterocycles. The lowest BCUT2D eigenvalue weighted by atomic mass is 9.98. The number of amides is 1. The van der Waals surface area contributed by atoms with Crippen LogP contribution in [0.25, 0.3) is 0 Å². The zero-order valence-electron chi connectivity index (χ0n) is 17.0. The molecule has 0 bridgehead atoms. The van der Waals surface area contributed by atoms with Crippen LogP contribution < -0.4 is 10.6 Å². The van der Waals surface area contributed by atoms with Gasteiger partial charge in [0.25, 0.3) is 0 Å². The van der Waals surface area contributed by atoms with Gasteiger partial charge in [-0.1, -0.05) is 6.92 Å². The van der Waals surface area contributed by atoms with Gasteiger partial charge < -0.3 is 15.5 Å². The second-order valence-corrected chi connectivity index (χ2v) is 7.03. The molecule has 0 spiro atoms. The Morgan fingerprint density at radius 1 is 1.20 bits per heavy atom. The van der Waals surface area contributed by atoms with E-state index in [1.165, 1.54) is 25.9 Å². The van der Waals surface area contributed by atoms with E-state index in [4.69, 9.17) is 4.99 Å². The molecular formula is C19H39N5O. The predicted octanol–water partition coefficient (Wildman–Crippen LogP) is 1.92. The van der Waals surface area contributed by atoms with Gasteiger partial charge in [0.05, 0.1) is 6.54 Å². The predicted molar refractivity (Wildman–Crippen MR) is 106 cm³/mol. The van der Waals surface area contributed by atoms with Gasteiger partial charge in [0, 0.05) is 38.6 Å². The third kappa shape index (κ3) is 8.08. The van der Waals surface area contributed by atoms with Crippen molar-refractivity contribution in [3.05, 3.63) is 0 Å². The summed E-state index contributed by atoms with van der Waals surface area (Å²) >= 11 is 0. The molecule has 0 aromatic heterocycles. The second-order valence-electron chi connectivity index (χ2n) is 7.03. The van der Waals surface area contributed by atoms with Crippen LogP contribution in [0.2, 0.25) is 0 Å². The van der Waals surface area contributed by atoms with Crippen LogP contribution in [0.4, 0.5) is 0 Å². The SMILES string of the molecule is CCNC(=NCC(C)N1CCC(C)CC1)NCCC(=O)N(CC)CC. The van der Waals surface area contributed by atoms with Gasteiger partial charge in [0.1, 0.15) is 0 Å². The Morgan fingerprint density at radius 3 is 2.40 bits per heavy atom. The van der Waals surface area contributed by atoms with E-state index in [1.54, 1.807) is 0 Å². The van der Waals surface area contributed by atoms with Crippen molar-refractivity contribution in [2.75, 3.05) is 45.8 Å². The van der Waals surface area contributed by atoms with E-state index in [2.05, 4.69) is 36.3 Å².